The Labute approximate surface area is 538 Å². The summed E-state index contributed by atoms with van der Waals surface area (Å²) in [6, 6.07) is 4.26. The van der Waals surface area contributed by atoms with Gasteiger partial charge in [0.15, 0.2) is 23.3 Å². The normalized spacial score (nSPS) is 13.5. The first-order chi connectivity index (χ1) is 45.1. The number of anilines is 6. The lowest BCUT2D eigenvalue weighted by Gasteiger charge is -2.25. The molecule has 10 amide bonds. The minimum atomic E-state index is -4.59. The van der Waals surface area contributed by atoms with Crippen LogP contribution < -0.4 is 53.2 Å². The molecule has 2 aliphatic rings. The van der Waals surface area contributed by atoms with Gasteiger partial charge in [0.25, 0.3) is 41.4 Å². The Hall–Kier alpha value is -11.4. The van der Waals surface area contributed by atoms with Crippen molar-refractivity contribution in [3.8, 4) is 0 Å². The van der Waals surface area contributed by atoms with E-state index in [0.717, 1.165) is 44.5 Å². The number of carbonyl (C=O) groups excluding carboxylic acids is 10. The van der Waals surface area contributed by atoms with Crippen molar-refractivity contribution in [2.24, 2.45) is 40.7 Å². The molecule has 95 heavy (non-hydrogen) atoms. The Bertz CT molecular complexity index is 4110. The Morgan fingerprint density at radius 3 is 1.53 bits per heavy atom. The maximum atomic E-state index is 14.1. The highest BCUT2D eigenvalue weighted by atomic mass is 19.4. The largest absolute Gasteiger partial charge is 0.481 e. The molecule has 0 unspecified atom stereocenters. The lowest BCUT2D eigenvalue weighted by Crippen LogP contribution is -2.34. The lowest BCUT2D eigenvalue weighted by atomic mass is 9.95. The van der Waals surface area contributed by atoms with E-state index in [1.54, 1.807) is 33.4 Å². The maximum absolute atomic E-state index is 14.1. The molecule has 0 aliphatic heterocycles. The maximum Gasteiger partial charge on any atom is 0.406 e. The highest BCUT2D eigenvalue weighted by molar-refractivity contribution is 6.06. The molecule has 7 aromatic rings. The Balaban J connectivity index is 0.708. The van der Waals surface area contributed by atoms with Crippen LogP contribution in [0.1, 0.15) is 151 Å². The predicted octanol–water partition coefficient (Wildman–Crippen LogP) is 3.65. The van der Waals surface area contributed by atoms with Crippen LogP contribution in [0, 0.1) is 5.41 Å². The summed E-state index contributed by atoms with van der Waals surface area (Å²) in [5, 5.41) is 35.4. The van der Waals surface area contributed by atoms with Crippen molar-refractivity contribution in [3.63, 3.8) is 0 Å². The van der Waals surface area contributed by atoms with Crippen LogP contribution in [-0.2, 0) is 61.0 Å². The van der Waals surface area contributed by atoms with E-state index in [-0.39, 0.29) is 116 Å². The fourth-order valence-corrected chi connectivity index (χ4v) is 10.7. The van der Waals surface area contributed by atoms with E-state index in [9.17, 15) is 65.9 Å². The number of halogens is 3. The average molecular weight is 1320 g/mol. The standard InChI is InChI=1S/C59H70F3N21O12/c1-77-26-34(69-56(94)47-63-19-20-82(47)32-59(60,61)62)22-37(77)51(89)64-16-12-44(85)71-40-28-81(5)50(74-40)57(95)70-35-23-39(83(27-35)36-9-7-6-8-10-36)52(90)67-31-58(14-15-58)24-45(86)72-41-29-79(3)48(73-41)54(92)65-17-11-43(84)68-33-21-38(78(2)25-33)53(91)76-42-30-80(4)49(75-42)55(93)66-18-13-46(87)88/h19-23,25-30,36H,6-18,24,31-32H2,1-5H3,(H,64,89)(H,65,92)(H,66,93)(H,67,90)(H,68,84)(H,69,94)(H,70,95)(H,71,85)(H,72,86)(H,76,91)(H,87,88). The number of aliphatic carboxylic acids is 1. The second kappa shape index (κ2) is 29.1. The molecule has 36 heteroatoms. The summed E-state index contributed by atoms with van der Waals surface area (Å²) in [4.78, 5) is 159. The zero-order valence-corrected chi connectivity index (χ0v) is 52.2. The number of nitrogens with one attached hydrogen (secondary N) is 10. The van der Waals surface area contributed by atoms with E-state index < -0.39 is 89.0 Å². The first-order valence-corrected chi connectivity index (χ1v) is 30.0. The molecule has 33 nitrogen and oxygen atoms in total. The number of hydrogen-bond donors (Lipinski definition) is 11. The van der Waals surface area contributed by atoms with Gasteiger partial charge in [0.1, 0.15) is 23.6 Å². The van der Waals surface area contributed by atoms with Crippen LogP contribution in [-0.4, -0.2) is 154 Å². The van der Waals surface area contributed by atoms with Crippen molar-refractivity contribution in [3.05, 3.63) is 108 Å². The number of carboxylic acid groups (broad SMARTS) is 1. The van der Waals surface area contributed by atoms with Gasteiger partial charge >= 0.3 is 12.1 Å². The fourth-order valence-electron chi connectivity index (χ4n) is 10.7. The average Bonchev–Trinajstić information content (AvgIpc) is 1.65. The smallest absolute Gasteiger partial charge is 0.406 e. The highest BCUT2D eigenvalue weighted by Gasteiger charge is 2.45. The van der Waals surface area contributed by atoms with Crippen molar-refractivity contribution in [2.75, 3.05) is 58.1 Å². The van der Waals surface area contributed by atoms with E-state index in [0.29, 0.717) is 28.8 Å². The van der Waals surface area contributed by atoms with Crippen molar-refractivity contribution >= 4 is 99.6 Å². The summed E-state index contributed by atoms with van der Waals surface area (Å²) < 4.78 is 48.4. The van der Waals surface area contributed by atoms with E-state index in [4.69, 9.17) is 5.11 Å². The summed E-state index contributed by atoms with van der Waals surface area (Å²) in [6.07, 6.45) is 11.6. The summed E-state index contributed by atoms with van der Waals surface area (Å²) in [5.41, 5.74) is 0.661. The van der Waals surface area contributed by atoms with Gasteiger partial charge in [0.2, 0.25) is 35.2 Å². The monoisotopic (exact) mass is 1320 g/mol. The number of imidazole rings is 4. The molecule has 504 valence electrons. The lowest BCUT2D eigenvalue weighted by molar-refractivity contribution is -0.141. The summed E-state index contributed by atoms with van der Waals surface area (Å²) in [5.74, 6) is -7.43. The number of aromatic nitrogens is 11. The van der Waals surface area contributed by atoms with Crippen LogP contribution in [0.5, 0.6) is 0 Å². The second-order valence-electron chi connectivity index (χ2n) is 23.2. The first kappa shape index (κ1) is 68.0. The van der Waals surface area contributed by atoms with Gasteiger partial charge in [-0.05, 0) is 49.3 Å². The number of alkyl halides is 3. The molecule has 0 bridgehead atoms. The van der Waals surface area contributed by atoms with Gasteiger partial charge in [-0.1, -0.05) is 19.3 Å². The van der Waals surface area contributed by atoms with Gasteiger partial charge in [0, 0.05) is 136 Å². The zero-order valence-electron chi connectivity index (χ0n) is 52.2. The summed E-state index contributed by atoms with van der Waals surface area (Å²) >= 11 is 0. The molecular formula is C59H70F3N21O12. The van der Waals surface area contributed by atoms with Gasteiger partial charge in [0.05, 0.1) is 23.5 Å². The third kappa shape index (κ3) is 17.8. The molecule has 0 aromatic carbocycles. The van der Waals surface area contributed by atoms with E-state index in [1.165, 1.54) is 80.0 Å². The molecule has 2 aliphatic carbocycles. The second-order valence-corrected chi connectivity index (χ2v) is 23.2. The quantitative estimate of drug-likeness (QED) is 0.0333. The molecule has 2 saturated carbocycles. The Kier molecular flexibility index (Phi) is 20.8. The zero-order chi connectivity index (χ0) is 68.5. The van der Waals surface area contributed by atoms with Crippen LogP contribution in [0.4, 0.5) is 47.7 Å². The third-order valence-electron chi connectivity index (χ3n) is 15.6. The van der Waals surface area contributed by atoms with Crippen molar-refractivity contribution in [1.82, 2.24) is 73.2 Å². The van der Waals surface area contributed by atoms with Crippen LogP contribution in [0.15, 0.2) is 67.8 Å². The van der Waals surface area contributed by atoms with E-state index in [1.807, 2.05) is 4.57 Å². The van der Waals surface area contributed by atoms with Gasteiger partial charge in [-0.25, -0.2) is 19.9 Å². The van der Waals surface area contributed by atoms with E-state index >= 15 is 0 Å². The summed E-state index contributed by atoms with van der Waals surface area (Å²) in [7, 11) is 7.73. The predicted molar refractivity (Wildman–Crippen MR) is 332 cm³/mol. The molecule has 0 atom stereocenters. The minimum Gasteiger partial charge on any atom is -0.481 e. The summed E-state index contributed by atoms with van der Waals surface area (Å²) in [6.45, 7) is -1.60. The molecule has 11 N–H and O–H groups in total. The number of nitrogens with zero attached hydrogens (tertiary/aromatic N) is 11. The highest BCUT2D eigenvalue weighted by Crippen LogP contribution is 2.48. The van der Waals surface area contributed by atoms with Gasteiger partial charge < -0.3 is 90.2 Å². The number of amides is 10. The Morgan fingerprint density at radius 1 is 0.505 bits per heavy atom. The molecule has 9 rings (SSSR count). The number of rotatable bonds is 28. The SMILES string of the molecule is Cn1cc(NC(=O)c2nccn2CC(F)(F)F)cc1C(=O)NCCC(=O)Nc1cn(C)c(C(=O)Nc2cc(C(=O)NCC3(CC(=O)Nc4cn(C)c(C(=O)NCCC(=O)Nc5cc(C(=O)Nc6cn(C)c(C(=O)NCCC(=O)O)n6)n(C)c5)n4)CC3)n(C3CCCCC3)c2)n1. The molecule has 0 spiro atoms. The van der Waals surface area contributed by atoms with Crippen LogP contribution >= 0.6 is 0 Å². The molecule has 7 heterocycles. The first-order valence-electron chi connectivity index (χ1n) is 30.0. The fraction of sp³-hybridized carbons (Fsp3) is 0.407. The number of hydrogen-bond acceptors (Lipinski definition) is 15. The van der Waals surface area contributed by atoms with Gasteiger partial charge in [-0.3, -0.25) is 52.7 Å². The van der Waals surface area contributed by atoms with Crippen LogP contribution in [0.3, 0.4) is 0 Å². The van der Waals surface area contributed by atoms with Crippen molar-refractivity contribution in [2.45, 2.75) is 89.4 Å². The molecule has 7 aromatic heterocycles. The molecule has 0 saturated heterocycles. The molecule has 0 radical (unpaired) electrons. The molecular weight excluding hydrogens is 1250 g/mol. The minimum absolute atomic E-state index is 0.0304. The van der Waals surface area contributed by atoms with Crippen LogP contribution in [0.25, 0.3) is 0 Å². The number of carbonyl (C=O) groups is 11. The van der Waals surface area contributed by atoms with Crippen molar-refractivity contribution < 1.29 is 71.0 Å². The van der Waals surface area contributed by atoms with Gasteiger partial charge in [-0.15, -0.1) is 0 Å². The molecule has 2 fully saturated rings. The topological polar surface area (TPSA) is 414 Å². The third-order valence-corrected chi connectivity index (χ3v) is 15.6. The van der Waals surface area contributed by atoms with Gasteiger partial charge in [-0.2, -0.15) is 13.2 Å². The Morgan fingerprint density at radius 2 is 0.968 bits per heavy atom. The van der Waals surface area contributed by atoms with Crippen LogP contribution in [0.2, 0.25) is 0 Å². The number of aryl methyl sites for hydroxylation is 5. The van der Waals surface area contributed by atoms with Crippen molar-refractivity contribution in [1.29, 1.82) is 0 Å². The number of carboxylic acids is 1. The van der Waals surface area contributed by atoms with E-state index in [2.05, 4.69) is 73.1 Å².